The fourth-order valence-electron chi connectivity index (χ4n) is 7.32. The second-order valence-electron chi connectivity index (χ2n) is 23.6. The third-order valence-electron chi connectivity index (χ3n) is 9.36. The number of ether oxygens (including phenoxy) is 4. The first-order valence-corrected chi connectivity index (χ1v) is 26.6. The summed E-state index contributed by atoms with van der Waals surface area (Å²) in [6.07, 6.45) is 23.3. The Kier molecular flexibility index (Phi) is 32.1. The quantitative estimate of drug-likeness (QED) is 0.115. The zero-order valence-corrected chi connectivity index (χ0v) is 48.0. The molecule has 0 radical (unpaired) electrons. The normalized spacial score (nSPS) is 24.3. The second-order valence-corrected chi connectivity index (χ2v) is 25.4. The Morgan fingerprint density at radius 1 is 0.463 bits per heavy atom. The van der Waals surface area contributed by atoms with Crippen LogP contribution in [0.15, 0.2) is 36.5 Å². The molecule has 0 fully saturated rings. The summed E-state index contributed by atoms with van der Waals surface area (Å²) in [5.41, 5.74) is -0.356. The van der Waals surface area contributed by atoms with E-state index < -0.39 is 11.8 Å². The van der Waals surface area contributed by atoms with E-state index in [0.29, 0.717) is 18.1 Å². The summed E-state index contributed by atoms with van der Waals surface area (Å²) in [5.74, 6) is 0. The van der Waals surface area contributed by atoms with Gasteiger partial charge in [0, 0.05) is 45.0 Å². The van der Waals surface area contributed by atoms with E-state index in [9.17, 15) is 14.4 Å². The Balaban J connectivity index is 0. The van der Waals surface area contributed by atoms with E-state index in [0.717, 1.165) is 77.0 Å². The smallest absolute Gasteiger partial charge is 0.450 e. The highest BCUT2D eigenvalue weighted by Crippen LogP contribution is 2.27. The van der Waals surface area contributed by atoms with E-state index in [4.69, 9.17) is 18.9 Å². The number of amides is 1. The predicted octanol–water partition coefficient (Wildman–Crippen LogP) is 14.9. The fourth-order valence-corrected chi connectivity index (χ4v) is 7.99. The average Bonchev–Trinajstić information content (AvgIpc) is 3.09. The van der Waals surface area contributed by atoms with Crippen molar-refractivity contribution in [2.24, 2.45) is 0 Å². The first-order chi connectivity index (χ1) is 30.7. The van der Waals surface area contributed by atoms with Crippen molar-refractivity contribution in [3.05, 3.63) is 36.5 Å². The summed E-state index contributed by atoms with van der Waals surface area (Å²) in [7, 11) is 0. The minimum Gasteiger partial charge on any atom is -0.450 e. The van der Waals surface area contributed by atoms with Gasteiger partial charge in [-0.2, -0.15) is 0 Å². The molecule has 0 heterocycles. The molecule has 0 aromatic heterocycles. The van der Waals surface area contributed by atoms with E-state index in [2.05, 4.69) is 108 Å². The highest BCUT2D eigenvalue weighted by molar-refractivity contribution is 8.14. The molecule has 0 aliphatic heterocycles. The zero-order valence-electron chi connectivity index (χ0n) is 47.2. The van der Waals surface area contributed by atoms with Crippen LogP contribution in [-0.2, 0) is 18.9 Å². The van der Waals surface area contributed by atoms with Gasteiger partial charge >= 0.3 is 17.5 Å². The van der Waals surface area contributed by atoms with E-state index >= 15 is 0 Å². The minimum atomic E-state index is -0.581. The molecule has 67 heavy (non-hydrogen) atoms. The number of nitrogens with one attached hydrogen (secondary N) is 4. The topological polar surface area (TPSA) is 136 Å². The monoisotopic (exact) mass is 967 g/mol. The number of carbonyl (C=O) groups excluding carboxylic acids is 3. The molecule has 6 unspecified atom stereocenters. The highest BCUT2D eigenvalue weighted by atomic mass is 32.2. The molecular weight excluding hydrogens is 861 g/mol. The van der Waals surface area contributed by atoms with Gasteiger partial charge in [0.2, 0.25) is 0 Å². The molecule has 394 valence electrons. The van der Waals surface area contributed by atoms with Crippen molar-refractivity contribution in [3.8, 4) is 0 Å². The molecule has 0 saturated carbocycles. The Morgan fingerprint density at radius 3 is 1.09 bits per heavy atom. The van der Waals surface area contributed by atoms with Crippen molar-refractivity contribution in [2.45, 2.75) is 298 Å². The first-order valence-electron chi connectivity index (χ1n) is 25.8. The maximum absolute atomic E-state index is 11.9. The van der Waals surface area contributed by atoms with Gasteiger partial charge in [-0.15, -0.1) is 0 Å². The maximum atomic E-state index is 11.9. The lowest BCUT2D eigenvalue weighted by atomic mass is 9.97. The molecule has 3 rings (SSSR count). The van der Waals surface area contributed by atoms with Crippen LogP contribution >= 0.6 is 11.8 Å². The molecular formula is C55H106N4O7S. The number of hydrogen-bond donors (Lipinski definition) is 4. The van der Waals surface area contributed by atoms with Gasteiger partial charge in [0.15, 0.2) is 0 Å². The van der Waals surface area contributed by atoms with Crippen LogP contribution in [0.2, 0.25) is 0 Å². The molecule has 6 atom stereocenters. The molecule has 0 saturated heterocycles. The molecule has 3 aliphatic rings. The van der Waals surface area contributed by atoms with Gasteiger partial charge < -0.3 is 40.2 Å². The Labute approximate surface area is 417 Å². The largest absolute Gasteiger partial charge is 0.509 e. The molecule has 0 aromatic rings. The summed E-state index contributed by atoms with van der Waals surface area (Å²) >= 11 is 1.26. The van der Waals surface area contributed by atoms with Crippen LogP contribution in [0.4, 0.5) is 14.4 Å². The van der Waals surface area contributed by atoms with Crippen LogP contribution in [0.3, 0.4) is 0 Å². The summed E-state index contributed by atoms with van der Waals surface area (Å²) in [6, 6.07) is 1.51. The number of thioether (sulfide) groups is 1. The lowest BCUT2D eigenvalue weighted by Crippen LogP contribution is -2.44. The van der Waals surface area contributed by atoms with Gasteiger partial charge in [0.1, 0.15) is 23.9 Å². The summed E-state index contributed by atoms with van der Waals surface area (Å²) < 4.78 is 21.5. The van der Waals surface area contributed by atoms with Gasteiger partial charge in [-0.25, -0.2) is 14.4 Å². The van der Waals surface area contributed by atoms with Crippen LogP contribution < -0.4 is 21.3 Å². The minimum absolute atomic E-state index is 0.0667. The molecule has 3 aliphatic carbocycles. The van der Waals surface area contributed by atoms with Crippen LogP contribution in [0.25, 0.3) is 0 Å². The van der Waals surface area contributed by atoms with E-state index in [-0.39, 0.29) is 56.6 Å². The molecule has 0 aromatic carbocycles. The average molecular weight is 968 g/mol. The lowest BCUT2D eigenvalue weighted by Gasteiger charge is -2.29. The molecule has 0 spiro atoms. The summed E-state index contributed by atoms with van der Waals surface area (Å²) in [4.78, 5) is 35.4. The van der Waals surface area contributed by atoms with Crippen molar-refractivity contribution in [1.29, 1.82) is 0 Å². The zero-order chi connectivity index (χ0) is 52.3. The molecule has 4 N–H and O–H groups in total. The van der Waals surface area contributed by atoms with Gasteiger partial charge in [-0.05, 0) is 211 Å². The molecule has 0 bridgehead atoms. The fraction of sp³-hybridized carbons (Fsp3) is 0.836. The second kappa shape index (κ2) is 32.4. The Morgan fingerprint density at radius 2 is 0.791 bits per heavy atom. The number of hydrogen-bond acceptors (Lipinski definition) is 11. The highest BCUT2D eigenvalue weighted by Gasteiger charge is 2.26. The molecule has 12 heteroatoms. The van der Waals surface area contributed by atoms with Crippen LogP contribution in [-0.4, -0.2) is 86.5 Å². The van der Waals surface area contributed by atoms with Crippen molar-refractivity contribution in [2.75, 3.05) is 0 Å². The van der Waals surface area contributed by atoms with Crippen molar-refractivity contribution in [3.63, 3.8) is 0 Å². The third kappa shape index (κ3) is 42.1. The van der Waals surface area contributed by atoms with E-state index in [1.165, 1.54) is 11.8 Å². The van der Waals surface area contributed by atoms with Crippen molar-refractivity contribution < 1.29 is 33.3 Å². The third-order valence-corrected chi connectivity index (χ3v) is 10.2. The Bertz CT molecular complexity index is 1270. The predicted molar refractivity (Wildman–Crippen MR) is 287 cm³/mol. The lowest BCUT2D eigenvalue weighted by molar-refractivity contribution is -0.0201. The molecule has 1 amide bonds. The van der Waals surface area contributed by atoms with Gasteiger partial charge in [0.05, 0.1) is 0 Å². The summed E-state index contributed by atoms with van der Waals surface area (Å²) in [6.45, 7) is 45.2. The molecule has 11 nitrogen and oxygen atoms in total. The van der Waals surface area contributed by atoms with Crippen molar-refractivity contribution in [1.82, 2.24) is 21.3 Å². The van der Waals surface area contributed by atoms with E-state index in [1.807, 2.05) is 102 Å². The van der Waals surface area contributed by atoms with Gasteiger partial charge in [0.25, 0.3) is 0 Å². The van der Waals surface area contributed by atoms with E-state index in [1.54, 1.807) is 0 Å². The SMILES string of the molecule is CC.CC.CC(C)(C)NC(=O)OC1/C=C/CC(NC(C)(C)C)CCC1.CC(C)(C)NC1C/C=C/C(OC(=O)OC(C)(C)C)CCC1.CC(C)(C)NC1C/C=C/C(OC(=O)SC(C)(C)C)CCC1. The van der Waals surface area contributed by atoms with Gasteiger partial charge in [-0.3, -0.25) is 0 Å². The van der Waals surface area contributed by atoms with Crippen LogP contribution in [0.5, 0.6) is 0 Å². The van der Waals surface area contributed by atoms with Crippen molar-refractivity contribution >= 4 is 29.3 Å². The maximum Gasteiger partial charge on any atom is 0.509 e. The van der Waals surface area contributed by atoms with Crippen LogP contribution in [0, 0.1) is 0 Å². The number of rotatable bonds is 6. The number of carbonyl (C=O) groups is 3. The number of alkyl carbamates (subject to hydrolysis) is 1. The van der Waals surface area contributed by atoms with Crippen LogP contribution in [0.1, 0.15) is 229 Å². The van der Waals surface area contributed by atoms with Gasteiger partial charge in [-0.1, -0.05) is 66.7 Å². The first kappa shape index (κ1) is 66.5. The Hall–Kier alpha value is -2.54. The standard InChI is InChI=1S/C17H32N2O2.C17H31NO3.C17H31NO2S.2C2H6/c1-16(2,3)18-13-9-7-11-14(12-8-10-13)21-15(20)19-17(4,5)6;2*1-16(2,3)18-13-9-7-11-14(12-8-10-13)20-15(19)21-17(4,5)6;2*1-2/h7,11,13-14,18H,8-10,12H2,1-6H3,(H,19,20);2*7,11,13-14,18H,8-10,12H2,1-6H3;2*1-2H3/b3*11-7+;;. The summed E-state index contributed by atoms with van der Waals surface area (Å²) in [5, 5.41) is 13.6.